The van der Waals surface area contributed by atoms with Gasteiger partial charge in [0.15, 0.2) is 0 Å². The molecule has 20 heavy (non-hydrogen) atoms. The van der Waals surface area contributed by atoms with E-state index in [0.29, 0.717) is 6.54 Å². The minimum absolute atomic E-state index is 0.233. The Morgan fingerprint density at radius 3 is 2.85 bits per heavy atom. The molecule has 1 N–H and O–H groups in total. The van der Waals surface area contributed by atoms with Crippen LogP contribution in [0.1, 0.15) is 18.4 Å². The second-order valence-corrected chi connectivity index (χ2v) is 7.45. The van der Waals surface area contributed by atoms with Crippen molar-refractivity contribution in [1.82, 2.24) is 9.62 Å². The molecular weight excluding hydrogens is 279 g/mol. The second kappa shape index (κ2) is 6.20. The van der Waals surface area contributed by atoms with Gasteiger partial charge < -0.3 is 5.32 Å². The van der Waals surface area contributed by atoms with Crippen LogP contribution in [0.25, 0.3) is 0 Å². The lowest BCUT2D eigenvalue weighted by molar-refractivity contribution is 0.314. The zero-order valence-corrected chi connectivity index (χ0v) is 12.7. The molecule has 1 saturated heterocycles. The zero-order valence-electron chi connectivity index (χ0n) is 11.9. The van der Waals surface area contributed by atoms with Crippen LogP contribution in [-0.4, -0.2) is 39.4 Å². The molecule has 4 nitrogen and oxygen atoms in total. The summed E-state index contributed by atoms with van der Waals surface area (Å²) in [6.07, 6.45) is 2.06. The van der Waals surface area contributed by atoms with Crippen LogP contribution in [0.2, 0.25) is 0 Å². The van der Waals surface area contributed by atoms with Gasteiger partial charge in [0.1, 0.15) is 10.7 Å². The Morgan fingerprint density at radius 1 is 1.45 bits per heavy atom. The highest BCUT2D eigenvalue weighted by Crippen LogP contribution is 2.21. The van der Waals surface area contributed by atoms with Crippen molar-refractivity contribution in [3.63, 3.8) is 0 Å². The Balaban J connectivity index is 2.18. The molecule has 1 unspecified atom stereocenters. The molecule has 0 spiro atoms. The molecule has 1 aliphatic rings. The number of nitrogens with one attached hydrogen (secondary N) is 1. The molecule has 2 rings (SSSR count). The lowest BCUT2D eigenvalue weighted by atomic mass is 10.00. The fourth-order valence-corrected chi connectivity index (χ4v) is 3.91. The van der Waals surface area contributed by atoms with Crippen LogP contribution in [0.15, 0.2) is 23.1 Å². The van der Waals surface area contributed by atoms with Gasteiger partial charge in [-0.25, -0.2) is 17.1 Å². The normalized spacial score (nSPS) is 20.3. The summed E-state index contributed by atoms with van der Waals surface area (Å²) in [5.74, 6) is -0.402. The first-order valence-corrected chi connectivity index (χ1v) is 8.28. The van der Waals surface area contributed by atoms with E-state index in [2.05, 4.69) is 5.32 Å². The topological polar surface area (TPSA) is 49.4 Å². The van der Waals surface area contributed by atoms with Crippen molar-refractivity contribution in [1.29, 1.82) is 0 Å². The summed E-state index contributed by atoms with van der Waals surface area (Å²) in [6, 6.07) is 4.16. The van der Waals surface area contributed by atoms with Crippen molar-refractivity contribution in [3.8, 4) is 0 Å². The third-order valence-corrected chi connectivity index (χ3v) is 5.53. The van der Waals surface area contributed by atoms with Crippen LogP contribution < -0.4 is 5.32 Å². The highest BCUT2D eigenvalue weighted by Gasteiger charge is 2.27. The van der Waals surface area contributed by atoms with E-state index in [1.165, 1.54) is 23.5 Å². The van der Waals surface area contributed by atoms with E-state index in [9.17, 15) is 12.8 Å². The number of hydrogen-bond donors (Lipinski definition) is 1. The largest absolute Gasteiger partial charge is 0.316 e. The van der Waals surface area contributed by atoms with Crippen LogP contribution >= 0.6 is 0 Å². The summed E-state index contributed by atoms with van der Waals surface area (Å²) < 4.78 is 39.9. The molecule has 1 aromatic carbocycles. The van der Waals surface area contributed by atoms with Gasteiger partial charge in [-0.15, -0.1) is 0 Å². The van der Waals surface area contributed by atoms with E-state index < -0.39 is 15.8 Å². The third kappa shape index (κ3) is 3.37. The molecular formula is C14H21FN2O2S. The molecule has 1 heterocycles. The maximum absolute atomic E-state index is 13.8. The van der Waals surface area contributed by atoms with Gasteiger partial charge >= 0.3 is 0 Å². The third-order valence-electron chi connectivity index (χ3n) is 3.69. The molecule has 0 amide bonds. The smallest absolute Gasteiger partial charge is 0.245 e. The summed E-state index contributed by atoms with van der Waals surface area (Å²) in [5.41, 5.74) is 0.734. The van der Waals surface area contributed by atoms with E-state index in [1.807, 2.05) is 0 Å². The number of halogens is 1. The van der Waals surface area contributed by atoms with Crippen LogP contribution in [0.3, 0.4) is 0 Å². The molecule has 0 radical (unpaired) electrons. The molecule has 0 saturated carbocycles. The minimum atomic E-state index is -3.76. The number of sulfonamides is 1. The van der Waals surface area contributed by atoms with Gasteiger partial charge in [-0.3, -0.25) is 0 Å². The van der Waals surface area contributed by atoms with Gasteiger partial charge in [0, 0.05) is 13.6 Å². The number of benzene rings is 1. The summed E-state index contributed by atoms with van der Waals surface area (Å²) in [5, 5.41) is 3.26. The standard InChI is InChI=1S/C14H21FN2O2S/c1-11-5-6-13(15)14(8-11)20(18,19)17(2)10-12-4-3-7-16-9-12/h5-6,8,12,16H,3-4,7,9-10H2,1-2H3. The molecule has 6 heteroatoms. The van der Waals surface area contributed by atoms with E-state index in [0.717, 1.165) is 31.5 Å². The fraction of sp³-hybridized carbons (Fsp3) is 0.571. The van der Waals surface area contributed by atoms with Gasteiger partial charge in [0.2, 0.25) is 10.0 Å². The SMILES string of the molecule is Cc1ccc(F)c(S(=O)(=O)N(C)CC2CCCNC2)c1. The number of rotatable bonds is 4. The van der Waals surface area contributed by atoms with E-state index in [-0.39, 0.29) is 10.8 Å². The summed E-state index contributed by atoms with van der Waals surface area (Å²) >= 11 is 0. The average molecular weight is 300 g/mol. The number of nitrogens with zero attached hydrogens (tertiary/aromatic N) is 1. The van der Waals surface area contributed by atoms with Gasteiger partial charge in [0.25, 0.3) is 0 Å². The lowest BCUT2D eigenvalue weighted by Gasteiger charge is -2.27. The number of hydrogen-bond acceptors (Lipinski definition) is 3. The molecule has 0 bridgehead atoms. The lowest BCUT2D eigenvalue weighted by Crippen LogP contribution is -2.39. The average Bonchev–Trinajstić information content (AvgIpc) is 2.42. The van der Waals surface area contributed by atoms with Crippen molar-refractivity contribution >= 4 is 10.0 Å². The van der Waals surface area contributed by atoms with Crippen molar-refractivity contribution in [3.05, 3.63) is 29.6 Å². The fourth-order valence-electron chi connectivity index (χ4n) is 2.52. The Bertz CT molecular complexity index is 569. The van der Waals surface area contributed by atoms with Gasteiger partial charge in [-0.05, 0) is 56.5 Å². The predicted molar refractivity (Wildman–Crippen MR) is 76.5 cm³/mol. The highest BCUT2D eigenvalue weighted by molar-refractivity contribution is 7.89. The predicted octanol–water partition coefficient (Wildman–Crippen LogP) is 1.75. The number of piperidine rings is 1. The van der Waals surface area contributed by atoms with Crippen molar-refractivity contribution in [2.45, 2.75) is 24.7 Å². The molecule has 1 aromatic rings. The first-order valence-electron chi connectivity index (χ1n) is 6.84. The molecule has 0 aliphatic carbocycles. The van der Waals surface area contributed by atoms with Crippen LogP contribution in [0.4, 0.5) is 4.39 Å². The van der Waals surface area contributed by atoms with Crippen LogP contribution in [-0.2, 0) is 10.0 Å². The van der Waals surface area contributed by atoms with E-state index >= 15 is 0 Å². The van der Waals surface area contributed by atoms with Crippen LogP contribution in [0, 0.1) is 18.7 Å². The summed E-state index contributed by atoms with van der Waals surface area (Å²) in [6.45, 7) is 3.97. The molecule has 112 valence electrons. The maximum Gasteiger partial charge on any atom is 0.245 e. The van der Waals surface area contributed by atoms with Crippen molar-refractivity contribution < 1.29 is 12.8 Å². The molecule has 1 fully saturated rings. The molecule has 1 aliphatic heterocycles. The van der Waals surface area contributed by atoms with E-state index in [1.54, 1.807) is 13.0 Å². The Morgan fingerprint density at radius 2 is 2.20 bits per heavy atom. The van der Waals surface area contributed by atoms with Crippen molar-refractivity contribution in [2.24, 2.45) is 5.92 Å². The zero-order chi connectivity index (χ0) is 14.8. The first-order chi connectivity index (χ1) is 9.41. The Labute approximate surface area is 120 Å². The quantitative estimate of drug-likeness (QED) is 0.922. The van der Waals surface area contributed by atoms with Gasteiger partial charge in [-0.1, -0.05) is 6.07 Å². The first kappa shape index (κ1) is 15.4. The summed E-state index contributed by atoms with van der Waals surface area (Å²) in [7, 11) is -2.24. The minimum Gasteiger partial charge on any atom is -0.316 e. The molecule has 0 aromatic heterocycles. The molecule has 1 atom stereocenters. The highest BCUT2D eigenvalue weighted by atomic mass is 32.2. The van der Waals surface area contributed by atoms with Crippen molar-refractivity contribution in [2.75, 3.05) is 26.7 Å². The maximum atomic E-state index is 13.8. The Kier molecular flexibility index (Phi) is 4.78. The van der Waals surface area contributed by atoms with Gasteiger partial charge in [0.05, 0.1) is 0 Å². The van der Waals surface area contributed by atoms with Crippen LogP contribution in [0.5, 0.6) is 0 Å². The summed E-state index contributed by atoms with van der Waals surface area (Å²) in [4.78, 5) is -0.233. The Hall–Kier alpha value is -0.980. The number of aryl methyl sites for hydroxylation is 1. The second-order valence-electron chi connectivity index (χ2n) is 5.43. The van der Waals surface area contributed by atoms with Gasteiger partial charge in [-0.2, -0.15) is 0 Å². The van der Waals surface area contributed by atoms with E-state index in [4.69, 9.17) is 0 Å². The monoisotopic (exact) mass is 300 g/mol.